The number of hydrogen-bond acceptors (Lipinski definition) is 2. The summed E-state index contributed by atoms with van der Waals surface area (Å²) in [5, 5.41) is 5.81. The van der Waals surface area contributed by atoms with Gasteiger partial charge in [-0.3, -0.25) is 9.59 Å². The maximum absolute atomic E-state index is 12.9. The van der Waals surface area contributed by atoms with Crippen LogP contribution in [0.2, 0.25) is 0 Å². The van der Waals surface area contributed by atoms with Crippen LogP contribution in [0.15, 0.2) is 24.3 Å². The van der Waals surface area contributed by atoms with Gasteiger partial charge in [-0.2, -0.15) is 0 Å². The van der Waals surface area contributed by atoms with Crippen molar-refractivity contribution in [3.8, 4) is 0 Å². The first-order valence-electron chi connectivity index (χ1n) is 7.24. The van der Waals surface area contributed by atoms with E-state index in [0.717, 1.165) is 12.0 Å². The van der Waals surface area contributed by atoms with Crippen LogP contribution in [0.4, 0.5) is 4.39 Å². The number of hydrogen-bond donors (Lipinski definition) is 2. The molecule has 0 unspecified atom stereocenters. The topological polar surface area (TPSA) is 58.2 Å². The molecule has 0 radical (unpaired) electrons. The highest BCUT2D eigenvalue weighted by molar-refractivity contribution is 5.80. The van der Waals surface area contributed by atoms with Crippen LogP contribution in [0.3, 0.4) is 0 Å². The summed E-state index contributed by atoms with van der Waals surface area (Å²) in [5.41, 5.74) is 0.596. The molecular formula is C16H21FN2O2. The van der Waals surface area contributed by atoms with Gasteiger partial charge in [0.1, 0.15) is 5.82 Å². The van der Waals surface area contributed by atoms with Crippen LogP contribution in [0, 0.1) is 5.82 Å². The van der Waals surface area contributed by atoms with Gasteiger partial charge >= 0.3 is 0 Å². The van der Waals surface area contributed by atoms with Gasteiger partial charge in [-0.25, -0.2) is 4.39 Å². The number of carbonyl (C=O) groups excluding carboxylic acids is 2. The molecule has 2 amide bonds. The standard InChI is InChI=1S/C16H21FN2O2/c1-11(12-3-5-13(17)6-4-12)18-14(20)7-9-16(2)10-8-15(21)19-16/h3-6,11H,7-10H2,1-2H3,(H,18,20)(H,19,21)/t11-,16-/m1/s1. The lowest BCUT2D eigenvalue weighted by Gasteiger charge is -2.24. The molecule has 2 atom stereocenters. The van der Waals surface area contributed by atoms with Crippen LogP contribution in [0.25, 0.3) is 0 Å². The number of halogens is 1. The summed E-state index contributed by atoms with van der Waals surface area (Å²) in [4.78, 5) is 23.2. The van der Waals surface area contributed by atoms with E-state index in [9.17, 15) is 14.0 Å². The van der Waals surface area contributed by atoms with Gasteiger partial charge in [0.05, 0.1) is 6.04 Å². The summed E-state index contributed by atoms with van der Waals surface area (Å²) in [5.74, 6) is -0.297. The van der Waals surface area contributed by atoms with Gasteiger partial charge < -0.3 is 10.6 Å². The minimum absolute atomic E-state index is 0.0533. The van der Waals surface area contributed by atoms with Crippen molar-refractivity contribution in [2.45, 2.75) is 51.1 Å². The molecule has 1 aromatic rings. The maximum Gasteiger partial charge on any atom is 0.220 e. The molecule has 0 aromatic heterocycles. The molecule has 2 N–H and O–H groups in total. The van der Waals surface area contributed by atoms with Crippen molar-refractivity contribution < 1.29 is 14.0 Å². The first-order chi connectivity index (χ1) is 9.88. The van der Waals surface area contributed by atoms with Gasteiger partial charge in [0.25, 0.3) is 0 Å². The second-order valence-corrected chi connectivity index (χ2v) is 5.95. The number of nitrogens with one attached hydrogen (secondary N) is 2. The normalized spacial score (nSPS) is 22.7. The Labute approximate surface area is 124 Å². The molecule has 0 saturated carbocycles. The van der Waals surface area contributed by atoms with Crippen LogP contribution in [0.5, 0.6) is 0 Å². The van der Waals surface area contributed by atoms with Crippen molar-refractivity contribution >= 4 is 11.8 Å². The highest BCUT2D eigenvalue weighted by atomic mass is 19.1. The van der Waals surface area contributed by atoms with E-state index in [1.165, 1.54) is 12.1 Å². The summed E-state index contributed by atoms with van der Waals surface area (Å²) >= 11 is 0. The molecule has 0 aliphatic carbocycles. The number of carbonyl (C=O) groups is 2. The molecule has 0 bridgehead atoms. The predicted molar refractivity (Wildman–Crippen MR) is 78.0 cm³/mol. The highest BCUT2D eigenvalue weighted by Crippen LogP contribution is 2.24. The van der Waals surface area contributed by atoms with Crippen LogP contribution >= 0.6 is 0 Å². The second-order valence-electron chi connectivity index (χ2n) is 5.95. The molecule has 114 valence electrons. The molecule has 2 rings (SSSR count). The number of amides is 2. The van der Waals surface area contributed by atoms with E-state index in [1.807, 2.05) is 13.8 Å². The third kappa shape index (κ3) is 4.28. The van der Waals surface area contributed by atoms with Gasteiger partial charge in [-0.15, -0.1) is 0 Å². The molecule has 4 nitrogen and oxygen atoms in total. The average molecular weight is 292 g/mol. The van der Waals surface area contributed by atoms with E-state index in [4.69, 9.17) is 0 Å². The van der Waals surface area contributed by atoms with Crippen molar-refractivity contribution in [1.82, 2.24) is 10.6 Å². The van der Waals surface area contributed by atoms with Gasteiger partial charge in [-0.1, -0.05) is 12.1 Å². The summed E-state index contributed by atoms with van der Waals surface area (Å²) in [6.45, 7) is 3.83. The third-order valence-corrected chi connectivity index (χ3v) is 4.00. The zero-order chi connectivity index (χ0) is 15.5. The fourth-order valence-electron chi connectivity index (χ4n) is 2.58. The average Bonchev–Trinajstić information content (AvgIpc) is 2.77. The summed E-state index contributed by atoms with van der Waals surface area (Å²) < 4.78 is 12.9. The Kier molecular flexibility index (Phi) is 4.60. The first kappa shape index (κ1) is 15.5. The Morgan fingerprint density at radius 1 is 1.43 bits per heavy atom. The lowest BCUT2D eigenvalue weighted by atomic mass is 9.94. The zero-order valence-corrected chi connectivity index (χ0v) is 12.4. The smallest absolute Gasteiger partial charge is 0.220 e. The highest BCUT2D eigenvalue weighted by Gasteiger charge is 2.33. The van der Waals surface area contributed by atoms with Crippen molar-refractivity contribution in [2.75, 3.05) is 0 Å². The third-order valence-electron chi connectivity index (χ3n) is 4.00. The van der Waals surface area contributed by atoms with E-state index in [0.29, 0.717) is 19.3 Å². The van der Waals surface area contributed by atoms with E-state index in [2.05, 4.69) is 10.6 Å². The van der Waals surface area contributed by atoms with Crippen LogP contribution in [0.1, 0.15) is 51.1 Å². The predicted octanol–water partition coefficient (Wildman–Crippen LogP) is 2.45. The second kappa shape index (κ2) is 6.24. The molecular weight excluding hydrogens is 271 g/mol. The molecule has 0 spiro atoms. The Hall–Kier alpha value is -1.91. The molecule has 1 fully saturated rings. The number of rotatable bonds is 5. The Morgan fingerprint density at radius 2 is 2.10 bits per heavy atom. The van der Waals surface area contributed by atoms with E-state index >= 15 is 0 Å². The molecule has 1 heterocycles. The quantitative estimate of drug-likeness (QED) is 0.876. The zero-order valence-electron chi connectivity index (χ0n) is 12.4. The van der Waals surface area contributed by atoms with Gasteiger partial charge in [0.2, 0.25) is 11.8 Å². The van der Waals surface area contributed by atoms with Crippen LogP contribution in [-0.2, 0) is 9.59 Å². The van der Waals surface area contributed by atoms with Crippen LogP contribution in [-0.4, -0.2) is 17.4 Å². The number of benzene rings is 1. The van der Waals surface area contributed by atoms with Crippen molar-refractivity contribution in [3.63, 3.8) is 0 Å². The molecule has 5 heteroatoms. The Morgan fingerprint density at radius 3 is 2.67 bits per heavy atom. The minimum atomic E-state index is -0.290. The van der Waals surface area contributed by atoms with E-state index in [1.54, 1.807) is 12.1 Å². The van der Waals surface area contributed by atoms with Crippen molar-refractivity contribution in [3.05, 3.63) is 35.6 Å². The Balaban J connectivity index is 1.81. The fraction of sp³-hybridized carbons (Fsp3) is 0.500. The van der Waals surface area contributed by atoms with E-state index < -0.39 is 0 Å². The summed E-state index contributed by atoms with van der Waals surface area (Å²) in [7, 11) is 0. The van der Waals surface area contributed by atoms with Gasteiger partial charge in [0.15, 0.2) is 0 Å². The van der Waals surface area contributed by atoms with Gasteiger partial charge in [-0.05, 0) is 44.4 Å². The first-order valence-corrected chi connectivity index (χ1v) is 7.24. The van der Waals surface area contributed by atoms with Crippen molar-refractivity contribution in [1.29, 1.82) is 0 Å². The summed E-state index contributed by atoms with van der Waals surface area (Å²) in [6, 6.07) is 5.93. The molecule has 21 heavy (non-hydrogen) atoms. The van der Waals surface area contributed by atoms with Crippen LogP contribution < -0.4 is 10.6 Å². The summed E-state index contributed by atoms with van der Waals surface area (Å²) in [6.07, 6.45) is 2.29. The largest absolute Gasteiger partial charge is 0.351 e. The Bertz CT molecular complexity index is 530. The molecule has 1 aliphatic heterocycles. The fourth-order valence-corrected chi connectivity index (χ4v) is 2.58. The minimum Gasteiger partial charge on any atom is -0.351 e. The van der Waals surface area contributed by atoms with E-state index in [-0.39, 0.29) is 29.2 Å². The SMILES string of the molecule is C[C@@H](NC(=O)CC[C@]1(C)CCC(=O)N1)c1ccc(F)cc1. The molecule has 1 saturated heterocycles. The van der Waals surface area contributed by atoms with Crippen molar-refractivity contribution in [2.24, 2.45) is 0 Å². The molecule has 1 aliphatic rings. The monoisotopic (exact) mass is 292 g/mol. The molecule has 1 aromatic carbocycles. The van der Waals surface area contributed by atoms with Gasteiger partial charge in [0, 0.05) is 18.4 Å². The lowest BCUT2D eigenvalue weighted by Crippen LogP contribution is -2.39. The maximum atomic E-state index is 12.9. The lowest BCUT2D eigenvalue weighted by molar-refractivity contribution is -0.123.